The Hall–Kier alpha value is -2.43. The molecule has 5 nitrogen and oxygen atoms in total. The third-order valence-electron chi connectivity index (χ3n) is 4.47. The van der Waals surface area contributed by atoms with E-state index >= 15 is 0 Å². The van der Waals surface area contributed by atoms with Gasteiger partial charge in [0.1, 0.15) is 5.69 Å². The summed E-state index contributed by atoms with van der Waals surface area (Å²) in [7, 11) is 0. The highest BCUT2D eigenvalue weighted by Gasteiger charge is 2.18. The molecule has 2 N–H and O–H groups in total. The van der Waals surface area contributed by atoms with Gasteiger partial charge in [-0.15, -0.1) is 0 Å². The second kappa shape index (κ2) is 7.90. The van der Waals surface area contributed by atoms with Crippen LogP contribution in [0.2, 0.25) is 0 Å². The first-order valence-electron chi connectivity index (χ1n) is 8.68. The zero-order chi connectivity index (χ0) is 16.8. The summed E-state index contributed by atoms with van der Waals surface area (Å²) in [5.41, 5.74) is 1.57. The standard InChI is InChI=1S/C19H24N4O/c1-14(15-8-4-2-5-9-15)21-19-20-13-12-17(23-19)18(24)22-16-10-6-3-7-11-16/h2,4-5,8-9,12-14,16H,3,6-7,10-11H2,1H3,(H,22,24)(H,20,21,23). The van der Waals surface area contributed by atoms with Crippen LogP contribution in [-0.4, -0.2) is 21.9 Å². The molecule has 0 spiro atoms. The van der Waals surface area contributed by atoms with E-state index in [1.54, 1.807) is 12.3 Å². The van der Waals surface area contributed by atoms with Crippen molar-refractivity contribution in [1.29, 1.82) is 0 Å². The largest absolute Gasteiger partial charge is 0.348 e. The van der Waals surface area contributed by atoms with E-state index < -0.39 is 0 Å². The fourth-order valence-electron chi connectivity index (χ4n) is 3.08. The SMILES string of the molecule is CC(Nc1nccc(C(=O)NC2CCCCC2)n1)c1ccccc1. The van der Waals surface area contributed by atoms with Crippen LogP contribution in [0, 0.1) is 0 Å². The maximum absolute atomic E-state index is 12.4. The average molecular weight is 324 g/mol. The van der Waals surface area contributed by atoms with Crippen LogP contribution < -0.4 is 10.6 Å². The lowest BCUT2D eigenvalue weighted by Crippen LogP contribution is -2.36. The van der Waals surface area contributed by atoms with Crippen molar-refractivity contribution in [3.63, 3.8) is 0 Å². The second-order valence-electron chi connectivity index (χ2n) is 6.35. The maximum Gasteiger partial charge on any atom is 0.270 e. The van der Waals surface area contributed by atoms with Gasteiger partial charge in [-0.1, -0.05) is 49.6 Å². The van der Waals surface area contributed by atoms with Crippen LogP contribution in [0.4, 0.5) is 5.95 Å². The highest BCUT2D eigenvalue weighted by molar-refractivity contribution is 5.92. The number of carbonyl (C=O) groups excluding carboxylic acids is 1. The molecule has 0 bridgehead atoms. The van der Waals surface area contributed by atoms with Crippen LogP contribution in [0.1, 0.15) is 61.1 Å². The first-order chi connectivity index (χ1) is 11.7. The van der Waals surface area contributed by atoms with Gasteiger partial charge in [-0.25, -0.2) is 9.97 Å². The van der Waals surface area contributed by atoms with Crippen molar-refractivity contribution in [3.8, 4) is 0 Å². The quantitative estimate of drug-likeness (QED) is 0.880. The number of anilines is 1. The summed E-state index contributed by atoms with van der Waals surface area (Å²) in [6.07, 6.45) is 7.40. The van der Waals surface area contributed by atoms with E-state index in [0.717, 1.165) is 18.4 Å². The van der Waals surface area contributed by atoms with Crippen molar-refractivity contribution in [1.82, 2.24) is 15.3 Å². The van der Waals surface area contributed by atoms with Gasteiger partial charge in [0.2, 0.25) is 5.95 Å². The van der Waals surface area contributed by atoms with E-state index in [4.69, 9.17) is 0 Å². The zero-order valence-electron chi connectivity index (χ0n) is 14.0. The summed E-state index contributed by atoms with van der Waals surface area (Å²) < 4.78 is 0. The molecule has 5 heteroatoms. The molecular formula is C19H24N4O. The molecular weight excluding hydrogens is 300 g/mol. The highest BCUT2D eigenvalue weighted by Crippen LogP contribution is 2.18. The van der Waals surface area contributed by atoms with Crippen LogP contribution in [0.5, 0.6) is 0 Å². The molecule has 0 aliphatic heterocycles. The number of hydrogen-bond acceptors (Lipinski definition) is 4. The highest BCUT2D eigenvalue weighted by atomic mass is 16.1. The minimum Gasteiger partial charge on any atom is -0.348 e. The van der Waals surface area contributed by atoms with E-state index in [0.29, 0.717) is 11.6 Å². The van der Waals surface area contributed by atoms with Gasteiger partial charge in [-0.2, -0.15) is 0 Å². The van der Waals surface area contributed by atoms with Crippen LogP contribution in [0.3, 0.4) is 0 Å². The Balaban J connectivity index is 1.64. The predicted octanol–water partition coefficient (Wildman–Crippen LogP) is 3.71. The number of nitrogens with zero attached hydrogens (tertiary/aromatic N) is 2. The minimum atomic E-state index is -0.111. The number of hydrogen-bond donors (Lipinski definition) is 2. The van der Waals surface area contributed by atoms with Gasteiger partial charge >= 0.3 is 0 Å². The molecule has 1 amide bonds. The molecule has 1 saturated carbocycles. The average Bonchev–Trinajstić information content (AvgIpc) is 2.63. The number of rotatable bonds is 5. The minimum absolute atomic E-state index is 0.0721. The van der Waals surface area contributed by atoms with Crippen LogP contribution >= 0.6 is 0 Å². The zero-order valence-corrected chi connectivity index (χ0v) is 14.0. The first-order valence-corrected chi connectivity index (χ1v) is 8.68. The number of aromatic nitrogens is 2. The Bertz CT molecular complexity index is 668. The molecule has 1 aliphatic rings. The molecule has 1 aliphatic carbocycles. The van der Waals surface area contributed by atoms with Crippen molar-refractivity contribution >= 4 is 11.9 Å². The Labute approximate surface area is 142 Å². The van der Waals surface area contributed by atoms with Crippen LogP contribution in [0.15, 0.2) is 42.6 Å². The summed E-state index contributed by atoms with van der Waals surface area (Å²) in [6.45, 7) is 2.05. The van der Waals surface area contributed by atoms with Crippen molar-refractivity contribution < 1.29 is 4.79 Å². The molecule has 24 heavy (non-hydrogen) atoms. The maximum atomic E-state index is 12.4. The Kier molecular flexibility index (Phi) is 5.41. The van der Waals surface area contributed by atoms with E-state index in [-0.39, 0.29) is 18.0 Å². The lowest BCUT2D eigenvalue weighted by atomic mass is 9.95. The van der Waals surface area contributed by atoms with Gasteiger partial charge in [0, 0.05) is 12.2 Å². The van der Waals surface area contributed by atoms with E-state index in [2.05, 4.69) is 32.7 Å². The van der Waals surface area contributed by atoms with Gasteiger partial charge in [0.05, 0.1) is 6.04 Å². The molecule has 1 aromatic carbocycles. The Morgan fingerprint density at radius 1 is 1.12 bits per heavy atom. The topological polar surface area (TPSA) is 66.9 Å². The van der Waals surface area contributed by atoms with Gasteiger partial charge in [-0.05, 0) is 31.4 Å². The molecule has 1 heterocycles. The number of nitrogens with one attached hydrogen (secondary N) is 2. The fourth-order valence-corrected chi connectivity index (χ4v) is 3.08. The summed E-state index contributed by atoms with van der Waals surface area (Å²) in [5.74, 6) is 0.363. The summed E-state index contributed by atoms with van der Waals surface area (Å²) >= 11 is 0. The summed E-state index contributed by atoms with van der Waals surface area (Å²) in [6, 6.07) is 12.1. The van der Waals surface area contributed by atoms with Gasteiger partial charge < -0.3 is 10.6 Å². The van der Waals surface area contributed by atoms with E-state index in [9.17, 15) is 4.79 Å². The number of amides is 1. The third-order valence-corrected chi connectivity index (χ3v) is 4.47. The number of carbonyl (C=O) groups is 1. The van der Waals surface area contributed by atoms with Crippen LogP contribution in [-0.2, 0) is 0 Å². The molecule has 1 atom stereocenters. The van der Waals surface area contributed by atoms with Gasteiger partial charge in [0.15, 0.2) is 0 Å². The molecule has 1 aromatic heterocycles. The van der Waals surface area contributed by atoms with Crippen molar-refractivity contribution in [2.24, 2.45) is 0 Å². The first kappa shape index (κ1) is 16.4. The third kappa shape index (κ3) is 4.31. The molecule has 126 valence electrons. The fraction of sp³-hybridized carbons (Fsp3) is 0.421. The molecule has 0 saturated heterocycles. The van der Waals surface area contributed by atoms with Gasteiger partial charge in [0.25, 0.3) is 5.91 Å². The molecule has 0 radical (unpaired) electrons. The second-order valence-corrected chi connectivity index (χ2v) is 6.35. The van der Waals surface area contributed by atoms with Gasteiger partial charge in [-0.3, -0.25) is 4.79 Å². The lowest BCUT2D eigenvalue weighted by molar-refractivity contribution is 0.0922. The Morgan fingerprint density at radius 2 is 1.88 bits per heavy atom. The van der Waals surface area contributed by atoms with Crippen molar-refractivity contribution in [3.05, 3.63) is 53.9 Å². The molecule has 1 fully saturated rings. The molecule has 1 unspecified atom stereocenters. The monoisotopic (exact) mass is 324 g/mol. The van der Waals surface area contributed by atoms with Crippen molar-refractivity contribution in [2.45, 2.75) is 51.1 Å². The summed E-state index contributed by atoms with van der Waals surface area (Å²) in [5, 5.41) is 6.35. The lowest BCUT2D eigenvalue weighted by Gasteiger charge is -2.22. The molecule has 2 aromatic rings. The normalized spacial score (nSPS) is 16.4. The van der Waals surface area contributed by atoms with Crippen LogP contribution in [0.25, 0.3) is 0 Å². The van der Waals surface area contributed by atoms with E-state index in [1.165, 1.54) is 19.3 Å². The predicted molar refractivity (Wildman–Crippen MR) is 94.9 cm³/mol. The summed E-state index contributed by atoms with van der Waals surface area (Å²) in [4.78, 5) is 21.0. The smallest absolute Gasteiger partial charge is 0.270 e. The molecule has 3 rings (SSSR count). The van der Waals surface area contributed by atoms with E-state index in [1.807, 2.05) is 25.1 Å². The van der Waals surface area contributed by atoms with Crippen molar-refractivity contribution in [2.75, 3.05) is 5.32 Å². The number of benzene rings is 1. The Morgan fingerprint density at radius 3 is 2.62 bits per heavy atom.